The fourth-order valence-electron chi connectivity index (χ4n) is 3.17. The van der Waals surface area contributed by atoms with Crippen molar-refractivity contribution in [2.75, 3.05) is 32.1 Å². The summed E-state index contributed by atoms with van der Waals surface area (Å²) in [6, 6.07) is 13.9. The van der Waals surface area contributed by atoms with Crippen molar-refractivity contribution < 1.29 is 14.3 Å². The zero-order valence-corrected chi connectivity index (χ0v) is 16.7. The molecule has 0 bridgehead atoms. The number of benzene rings is 2. The van der Waals surface area contributed by atoms with E-state index in [1.54, 1.807) is 55.6 Å². The van der Waals surface area contributed by atoms with E-state index in [2.05, 4.69) is 16.0 Å². The maximum atomic E-state index is 12.5. The summed E-state index contributed by atoms with van der Waals surface area (Å²) in [5, 5.41) is 9.11. The summed E-state index contributed by atoms with van der Waals surface area (Å²) < 4.78 is 5.10. The zero-order chi connectivity index (χ0) is 19.1. The SMILES string of the molecule is COc1ccc(C(=O)Nc2ccccc2C(=O)NCCC2CCNC2)cc1.Cl. The molecule has 1 aliphatic heterocycles. The van der Waals surface area contributed by atoms with Crippen LogP contribution in [0.5, 0.6) is 5.75 Å². The lowest BCUT2D eigenvalue weighted by Crippen LogP contribution is -2.27. The van der Waals surface area contributed by atoms with Gasteiger partial charge in [-0.3, -0.25) is 9.59 Å². The summed E-state index contributed by atoms with van der Waals surface area (Å²) in [6.45, 7) is 2.70. The molecule has 1 aliphatic rings. The number of hydrogen-bond acceptors (Lipinski definition) is 4. The number of amides is 2. The van der Waals surface area contributed by atoms with Gasteiger partial charge in [0.25, 0.3) is 11.8 Å². The highest BCUT2D eigenvalue weighted by Crippen LogP contribution is 2.18. The number of nitrogens with one attached hydrogen (secondary N) is 3. The van der Waals surface area contributed by atoms with Gasteiger partial charge in [0.1, 0.15) is 5.75 Å². The smallest absolute Gasteiger partial charge is 0.255 e. The summed E-state index contributed by atoms with van der Waals surface area (Å²) in [5.74, 6) is 0.862. The number of para-hydroxylation sites is 1. The van der Waals surface area contributed by atoms with Crippen LogP contribution in [-0.2, 0) is 0 Å². The zero-order valence-electron chi connectivity index (χ0n) is 15.9. The van der Waals surface area contributed by atoms with Crippen LogP contribution in [-0.4, -0.2) is 38.6 Å². The van der Waals surface area contributed by atoms with Gasteiger partial charge in [-0.25, -0.2) is 0 Å². The molecule has 1 atom stereocenters. The number of carbonyl (C=O) groups is 2. The van der Waals surface area contributed by atoms with Crippen molar-refractivity contribution in [3.05, 3.63) is 59.7 Å². The van der Waals surface area contributed by atoms with Crippen molar-refractivity contribution in [3.8, 4) is 5.75 Å². The van der Waals surface area contributed by atoms with E-state index < -0.39 is 0 Å². The number of hydrogen-bond donors (Lipinski definition) is 3. The third-order valence-corrected chi connectivity index (χ3v) is 4.77. The molecule has 0 aliphatic carbocycles. The molecule has 2 aromatic carbocycles. The molecule has 1 unspecified atom stereocenters. The minimum absolute atomic E-state index is 0. The summed E-state index contributed by atoms with van der Waals surface area (Å²) in [4.78, 5) is 25.0. The van der Waals surface area contributed by atoms with Crippen LogP contribution in [0.2, 0.25) is 0 Å². The lowest BCUT2D eigenvalue weighted by atomic mass is 10.1. The van der Waals surface area contributed by atoms with Crippen molar-refractivity contribution >= 4 is 29.9 Å². The Kier molecular flexibility index (Phi) is 8.29. The minimum Gasteiger partial charge on any atom is -0.497 e. The molecule has 1 heterocycles. The number of ether oxygens (including phenoxy) is 1. The van der Waals surface area contributed by atoms with E-state index in [1.807, 2.05) is 0 Å². The molecule has 0 radical (unpaired) electrons. The van der Waals surface area contributed by atoms with Crippen molar-refractivity contribution in [2.45, 2.75) is 12.8 Å². The normalized spacial score (nSPS) is 15.4. The lowest BCUT2D eigenvalue weighted by Gasteiger charge is -2.13. The molecule has 0 saturated carbocycles. The van der Waals surface area contributed by atoms with Crippen LogP contribution in [0.15, 0.2) is 48.5 Å². The summed E-state index contributed by atoms with van der Waals surface area (Å²) in [6.07, 6.45) is 2.11. The van der Waals surface area contributed by atoms with Crippen molar-refractivity contribution in [3.63, 3.8) is 0 Å². The van der Waals surface area contributed by atoms with Gasteiger partial charge in [0.15, 0.2) is 0 Å². The molecule has 1 fully saturated rings. The van der Waals surface area contributed by atoms with Crippen LogP contribution >= 0.6 is 12.4 Å². The molecule has 28 heavy (non-hydrogen) atoms. The number of carbonyl (C=O) groups excluding carboxylic acids is 2. The Bertz CT molecular complexity index is 790. The van der Waals surface area contributed by atoms with E-state index in [0.29, 0.717) is 35.0 Å². The topological polar surface area (TPSA) is 79.5 Å². The monoisotopic (exact) mass is 403 g/mol. The molecular weight excluding hydrogens is 378 g/mol. The van der Waals surface area contributed by atoms with E-state index in [0.717, 1.165) is 25.9 Å². The molecule has 1 saturated heterocycles. The molecule has 2 amide bonds. The van der Waals surface area contributed by atoms with Crippen LogP contribution in [0.1, 0.15) is 33.6 Å². The van der Waals surface area contributed by atoms with E-state index >= 15 is 0 Å². The summed E-state index contributed by atoms with van der Waals surface area (Å²) >= 11 is 0. The van der Waals surface area contributed by atoms with E-state index in [-0.39, 0.29) is 24.2 Å². The Morgan fingerprint density at radius 2 is 1.86 bits per heavy atom. The molecule has 7 heteroatoms. The van der Waals surface area contributed by atoms with Gasteiger partial charge < -0.3 is 20.7 Å². The van der Waals surface area contributed by atoms with Crippen LogP contribution in [0.25, 0.3) is 0 Å². The second kappa shape index (κ2) is 10.7. The van der Waals surface area contributed by atoms with Gasteiger partial charge in [0.2, 0.25) is 0 Å². The van der Waals surface area contributed by atoms with Gasteiger partial charge in [-0.1, -0.05) is 12.1 Å². The second-order valence-electron chi connectivity index (χ2n) is 6.63. The first-order valence-electron chi connectivity index (χ1n) is 9.20. The van der Waals surface area contributed by atoms with Crippen molar-refractivity contribution in [1.29, 1.82) is 0 Å². The van der Waals surface area contributed by atoms with Crippen LogP contribution in [0, 0.1) is 5.92 Å². The standard InChI is InChI=1S/C21H25N3O3.ClH/c1-27-17-8-6-16(7-9-17)20(25)24-19-5-3-2-4-18(19)21(26)23-13-11-15-10-12-22-14-15;/h2-9,15,22H,10-14H2,1H3,(H,23,26)(H,24,25);1H. The van der Waals surface area contributed by atoms with Gasteiger partial charge in [0.05, 0.1) is 18.4 Å². The Morgan fingerprint density at radius 3 is 2.54 bits per heavy atom. The Morgan fingerprint density at radius 1 is 1.11 bits per heavy atom. The predicted octanol–water partition coefficient (Wildman–Crippen LogP) is 3.10. The maximum Gasteiger partial charge on any atom is 0.255 e. The first-order valence-corrected chi connectivity index (χ1v) is 9.20. The number of halogens is 1. The van der Waals surface area contributed by atoms with Crippen molar-refractivity contribution in [1.82, 2.24) is 10.6 Å². The Labute approximate surface area is 171 Å². The molecule has 6 nitrogen and oxygen atoms in total. The Hall–Kier alpha value is -2.57. The van der Waals surface area contributed by atoms with Gasteiger partial charge in [-0.05, 0) is 68.2 Å². The third-order valence-electron chi connectivity index (χ3n) is 4.77. The first-order chi connectivity index (χ1) is 13.2. The molecule has 3 N–H and O–H groups in total. The number of rotatable bonds is 7. The fraction of sp³-hybridized carbons (Fsp3) is 0.333. The Balaban J connectivity index is 0.00000280. The van der Waals surface area contributed by atoms with Crippen LogP contribution < -0.4 is 20.7 Å². The average Bonchev–Trinajstić information content (AvgIpc) is 3.22. The molecule has 2 aromatic rings. The minimum atomic E-state index is -0.269. The summed E-state index contributed by atoms with van der Waals surface area (Å²) in [5.41, 5.74) is 1.46. The predicted molar refractivity (Wildman–Crippen MR) is 113 cm³/mol. The van der Waals surface area contributed by atoms with Gasteiger partial charge in [-0.2, -0.15) is 0 Å². The second-order valence-corrected chi connectivity index (χ2v) is 6.63. The molecule has 0 spiro atoms. The summed E-state index contributed by atoms with van der Waals surface area (Å²) in [7, 11) is 1.58. The van der Waals surface area contributed by atoms with Gasteiger partial charge >= 0.3 is 0 Å². The first kappa shape index (κ1) is 21.7. The average molecular weight is 404 g/mol. The third kappa shape index (κ3) is 5.71. The highest BCUT2D eigenvalue weighted by molar-refractivity contribution is 6.09. The fourth-order valence-corrected chi connectivity index (χ4v) is 3.17. The van der Waals surface area contributed by atoms with Gasteiger partial charge in [0, 0.05) is 12.1 Å². The van der Waals surface area contributed by atoms with Crippen LogP contribution in [0.3, 0.4) is 0 Å². The van der Waals surface area contributed by atoms with Gasteiger partial charge in [-0.15, -0.1) is 12.4 Å². The molecule has 0 aromatic heterocycles. The largest absolute Gasteiger partial charge is 0.497 e. The van der Waals surface area contributed by atoms with Crippen molar-refractivity contribution in [2.24, 2.45) is 5.92 Å². The molecular formula is C21H26ClN3O3. The van der Waals surface area contributed by atoms with E-state index in [4.69, 9.17) is 4.74 Å². The number of methoxy groups -OCH3 is 1. The lowest BCUT2D eigenvalue weighted by molar-refractivity contribution is 0.0952. The quantitative estimate of drug-likeness (QED) is 0.663. The molecule has 150 valence electrons. The van der Waals surface area contributed by atoms with E-state index in [9.17, 15) is 9.59 Å². The number of anilines is 1. The maximum absolute atomic E-state index is 12.5. The highest BCUT2D eigenvalue weighted by atomic mass is 35.5. The highest BCUT2D eigenvalue weighted by Gasteiger charge is 2.16. The van der Waals surface area contributed by atoms with Crippen LogP contribution in [0.4, 0.5) is 5.69 Å². The van der Waals surface area contributed by atoms with E-state index in [1.165, 1.54) is 0 Å². The molecule has 3 rings (SSSR count).